The molecule has 162 valence electrons. The van der Waals surface area contributed by atoms with Gasteiger partial charge < -0.3 is 9.84 Å². The molecule has 0 spiro atoms. The van der Waals surface area contributed by atoms with Crippen LogP contribution in [0.25, 0.3) is 22.0 Å². The molecule has 30 heavy (non-hydrogen) atoms. The van der Waals surface area contributed by atoms with Crippen molar-refractivity contribution in [3.8, 4) is 16.9 Å². The van der Waals surface area contributed by atoms with Gasteiger partial charge >= 0.3 is 12.1 Å². The maximum Gasteiger partial charge on any atom is 0.490 e. The second-order valence-corrected chi connectivity index (χ2v) is 7.58. The van der Waals surface area contributed by atoms with E-state index in [1.807, 2.05) is 58.6 Å². The molecule has 0 aliphatic heterocycles. The Morgan fingerprint density at radius 1 is 1.10 bits per heavy atom. The zero-order chi connectivity index (χ0) is 22.9. The maximum absolute atomic E-state index is 10.6. The van der Waals surface area contributed by atoms with Gasteiger partial charge in [0, 0.05) is 29.6 Å². The molecule has 0 bridgehead atoms. The number of carboxylic acid groups (broad SMARTS) is 1. The van der Waals surface area contributed by atoms with E-state index in [-0.39, 0.29) is 5.60 Å². The zero-order valence-corrected chi connectivity index (χ0v) is 17.5. The Morgan fingerprint density at radius 3 is 2.10 bits per heavy atom. The third-order valence-corrected chi connectivity index (χ3v) is 4.02. The molecule has 0 fully saturated rings. The van der Waals surface area contributed by atoms with E-state index in [1.165, 1.54) is 0 Å². The molecule has 7 nitrogen and oxygen atoms in total. The molecule has 0 saturated carbocycles. The summed E-state index contributed by atoms with van der Waals surface area (Å²) in [5.74, 6) is -1.91. The van der Waals surface area contributed by atoms with Crippen LogP contribution in [0.3, 0.4) is 0 Å². The standard InChI is InChI=1S/C18H22N4O.C2HF3O2/c1-11-16(12(2)20-10-19-11)13-7-8-15(23-18(3,4)5)14-9-21-22(6)17(13)14;3-2(4,5)1(6)7/h7-10H,1-6H3;(H,6,7). The number of aryl methyl sites for hydroxylation is 3. The lowest BCUT2D eigenvalue weighted by molar-refractivity contribution is -0.192. The molecular weight excluding hydrogens is 401 g/mol. The number of fused-ring (bicyclic) bond motifs is 1. The van der Waals surface area contributed by atoms with Crippen LogP contribution in [-0.4, -0.2) is 42.6 Å². The van der Waals surface area contributed by atoms with Crippen molar-refractivity contribution in [3.63, 3.8) is 0 Å². The Morgan fingerprint density at radius 2 is 1.63 bits per heavy atom. The Labute approximate surface area is 171 Å². The third-order valence-electron chi connectivity index (χ3n) is 4.02. The Kier molecular flexibility index (Phi) is 6.39. The molecule has 0 amide bonds. The van der Waals surface area contributed by atoms with Crippen molar-refractivity contribution in [3.05, 3.63) is 36.0 Å². The molecule has 3 aromatic rings. The van der Waals surface area contributed by atoms with E-state index >= 15 is 0 Å². The van der Waals surface area contributed by atoms with Gasteiger partial charge in [0.25, 0.3) is 0 Å². The largest absolute Gasteiger partial charge is 0.490 e. The molecule has 2 aromatic heterocycles. The van der Waals surface area contributed by atoms with Crippen LogP contribution in [0.15, 0.2) is 24.7 Å². The van der Waals surface area contributed by atoms with Crippen molar-refractivity contribution < 1.29 is 27.8 Å². The third kappa shape index (κ3) is 5.25. The Balaban J connectivity index is 0.000000396. The van der Waals surface area contributed by atoms with Crippen molar-refractivity contribution in [1.82, 2.24) is 19.7 Å². The Bertz CT molecular complexity index is 1050. The van der Waals surface area contributed by atoms with E-state index in [4.69, 9.17) is 14.6 Å². The topological polar surface area (TPSA) is 90.1 Å². The first-order chi connectivity index (χ1) is 13.7. The number of aromatic nitrogens is 4. The first-order valence-electron chi connectivity index (χ1n) is 8.94. The summed E-state index contributed by atoms with van der Waals surface area (Å²) < 4.78 is 39.7. The zero-order valence-electron chi connectivity index (χ0n) is 17.5. The van der Waals surface area contributed by atoms with Crippen LogP contribution in [0.1, 0.15) is 32.2 Å². The van der Waals surface area contributed by atoms with Crippen LogP contribution in [0.5, 0.6) is 5.75 Å². The van der Waals surface area contributed by atoms with E-state index in [9.17, 15) is 13.2 Å². The fraction of sp³-hybridized carbons (Fsp3) is 0.400. The van der Waals surface area contributed by atoms with E-state index in [2.05, 4.69) is 21.1 Å². The number of rotatable bonds is 2. The quantitative estimate of drug-likeness (QED) is 0.653. The smallest absolute Gasteiger partial charge is 0.487 e. The number of hydrogen-bond donors (Lipinski definition) is 1. The molecule has 0 aliphatic rings. The number of nitrogens with zero attached hydrogens (tertiary/aromatic N) is 4. The monoisotopic (exact) mass is 424 g/mol. The molecule has 1 aromatic carbocycles. The van der Waals surface area contributed by atoms with Gasteiger partial charge in [-0.2, -0.15) is 18.3 Å². The number of ether oxygens (including phenoxy) is 1. The normalized spacial score (nSPS) is 11.8. The van der Waals surface area contributed by atoms with Crippen molar-refractivity contribution in [2.24, 2.45) is 7.05 Å². The van der Waals surface area contributed by atoms with Crippen LogP contribution >= 0.6 is 0 Å². The van der Waals surface area contributed by atoms with Crippen molar-refractivity contribution in [2.75, 3.05) is 0 Å². The van der Waals surface area contributed by atoms with Crippen molar-refractivity contribution in [2.45, 2.75) is 46.4 Å². The average molecular weight is 424 g/mol. The molecule has 0 radical (unpaired) electrons. The van der Waals surface area contributed by atoms with E-state index in [0.717, 1.165) is 39.2 Å². The van der Waals surface area contributed by atoms with Crippen LogP contribution in [-0.2, 0) is 11.8 Å². The number of benzene rings is 1. The van der Waals surface area contributed by atoms with E-state index in [0.29, 0.717) is 0 Å². The minimum absolute atomic E-state index is 0.258. The van der Waals surface area contributed by atoms with Crippen molar-refractivity contribution >= 4 is 16.9 Å². The van der Waals surface area contributed by atoms with E-state index < -0.39 is 12.1 Å². The SMILES string of the molecule is Cc1ncnc(C)c1-c1ccc(OC(C)(C)C)c2cnn(C)c12.O=C(O)C(F)(F)F. The van der Waals surface area contributed by atoms with Gasteiger partial charge in [0.2, 0.25) is 0 Å². The van der Waals surface area contributed by atoms with Crippen LogP contribution in [0, 0.1) is 13.8 Å². The second kappa shape index (κ2) is 8.29. The lowest BCUT2D eigenvalue weighted by Gasteiger charge is -2.22. The van der Waals surface area contributed by atoms with Gasteiger partial charge in [-0.05, 0) is 46.8 Å². The summed E-state index contributed by atoms with van der Waals surface area (Å²) in [7, 11) is 1.95. The van der Waals surface area contributed by atoms with Gasteiger partial charge in [-0.1, -0.05) is 0 Å². The summed E-state index contributed by atoms with van der Waals surface area (Å²) in [6, 6.07) is 4.08. The number of hydrogen-bond acceptors (Lipinski definition) is 5. The Hall–Kier alpha value is -3.17. The lowest BCUT2D eigenvalue weighted by atomic mass is 9.99. The van der Waals surface area contributed by atoms with Gasteiger partial charge in [-0.15, -0.1) is 0 Å². The highest BCUT2D eigenvalue weighted by Gasteiger charge is 2.38. The summed E-state index contributed by atoms with van der Waals surface area (Å²) in [4.78, 5) is 17.6. The summed E-state index contributed by atoms with van der Waals surface area (Å²) >= 11 is 0. The fourth-order valence-electron chi connectivity index (χ4n) is 2.87. The summed E-state index contributed by atoms with van der Waals surface area (Å²) in [6.07, 6.45) is -1.62. The maximum atomic E-state index is 10.6. The molecular formula is C20H23F3N4O3. The van der Waals surface area contributed by atoms with Gasteiger partial charge in [-0.3, -0.25) is 4.68 Å². The summed E-state index contributed by atoms with van der Waals surface area (Å²) in [5, 5.41) is 12.6. The number of alkyl halides is 3. The fourth-order valence-corrected chi connectivity index (χ4v) is 2.87. The summed E-state index contributed by atoms with van der Waals surface area (Å²) in [5.41, 5.74) is 4.84. The van der Waals surface area contributed by atoms with Crippen LogP contribution < -0.4 is 4.74 Å². The molecule has 2 heterocycles. The molecule has 0 aliphatic carbocycles. The molecule has 1 N–H and O–H groups in total. The number of carboxylic acids is 1. The second-order valence-electron chi connectivity index (χ2n) is 7.58. The predicted octanol–water partition coefficient (Wildman–Crippen LogP) is 4.46. The van der Waals surface area contributed by atoms with Gasteiger partial charge in [0.1, 0.15) is 17.7 Å². The molecule has 0 unspecified atom stereocenters. The van der Waals surface area contributed by atoms with Crippen LogP contribution in [0.4, 0.5) is 13.2 Å². The first-order valence-corrected chi connectivity index (χ1v) is 8.94. The number of aliphatic carboxylic acids is 1. The highest BCUT2D eigenvalue weighted by Crippen LogP contribution is 2.37. The molecule has 3 rings (SSSR count). The number of carbonyl (C=O) groups is 1. The molecule has 0 saturated heterocycles. The van der Waals surface area contributed by atoms with Gasteiger partial charge in [0.15, 0.2) is 0 Å². The summed E-state index contributed by atoms with van der Waals surface area (Å²) in [6.45, 7) is 10.1. The predicted molar refractivity (Wildman–Crippen MR) is 105 cm³/mol. The molecule has 0 atom stereocenters. The minimum Gasteiger partial charge on any atom is -0.487 e. The van der Waals surface area contributed by atoms with Crippen molar-refractivity contribution in [1.29, 1.82) is 0 Å². The highest BCUT2D eigenvalue weighted by molar-refractivity contribution is 5.98. The van der Waals surface area contributed by atoms with Gasteiger partial charge in [0.05, 0.1) is 17.1 Å². The van der Waals surface area contributed by atoms with Crippen LogP contribution in [0.2, 0.25) is 0 Å². The average Bonchev–Trinajstić information content (AvgIpc) is 2.97. The molecule has 10 heteroatoms. The lowest BCUT2D eigenvalue weighted by Crippen LogP contribution is -2.23. The van der Waals surface area contributed by atoms with E-state index in [1.54, 1.807) is 6.33 Å². The first kappa shape index (κ1) is 23.1. The number of halogens is 3. The highest BCUT2D eigenvalue weighted by atomic mass is 19.4. The van der Waals surface area contributed by atoms with Gasteiger partial charge in [-0.25, -0.2) is 14.8 Å². The minimum atomic E-state index is -5.08.